The van der Waals surface area contributed by atoms with E-state index in [1.165, 1.54) is 16.0 Å². The predicted molar refractivity (Wildman–Crippen MR) is 119 cm³/mol. The summed E-state index contributed by atoms with van der Waals surface area (Å²) in [5.41, 5.74) is 2.51. The maximum atomic E-state index is 12.5. The number of fused-ring (bicyclic) bond motifs is 1. The number of nitrogens with zero attached hydrogens (tertiary/aromatic N) is 2. The minimum Gasteiger partial charge on any atom is -0.492 e. The Morgan fingerprint density at radius 3 is 2.86 bits per heavy atom. The van der Waals surface area contributed by atoms with E-state index in [4.69, 9.17) is 4.74 Å². The fraction of sp³-hybridized carbons (Fsp3) is 0.455. The van der Waals surface area contributed by atoms with Crippen LogP contribution >= 0.6 is 11.3 Å². The molecule has 0 radical (unpaired) electrons. The van der Waals surface area contributed by atoms with Crippen LogP contribution in [0.4, 0.5) is 0 Å². The van der Waals surface area contributed by atoms with Gasteiger partial charge in [0, 0.05) is 30.9 Å². The van der Waals surface area contributed by atoms with Crippen molar-refractivity contribution in [3.63, 3.8) is 0 Å². The summed E-state index contributed by atoms with van der Waals surface area (Å²) in [5, 5.41) is 8.58. The first-order chi connectivity index (χ1) is 14.2. The van der Waals surface area contributed by atoms with Gasteiger partial charge in [-0.2, -0.15) is 0 Å². The molecule has 156 valence electrons. The van der Waals surface area contributed by atoms with E-state index in [1.54, 1.807) is 11.3 Å². The van der Waals surface area contributed by atoms with Crippen LogP contribution in [0.2, 0.25) is 0 Å². The monoisotopic (exact) mass is 414 g/mol. The lowest BCUT2D eigenvalue weighted by Gasteiger charge is -2.26. The number of carbonyl (C=O) groups is 1. The molecule has 29 heavy (non-hydrogen) atoms. The number of hydrogen-bond acceptors (Lipinski definition) is 4. The van der Waals surface area contributed by atoms with Gasteiger partial charge >= 0.3 is 0 Å². The highest BCUT2D eigenvalue weighted by atomic mass is 32.1. The van der Waals surface area contributed by atoms with Crippen molar-refractivity contribution in [1.29, 1.82) is 0 Å². The first-order valence-corrected chi connectivity index (χ1v) is 11.1. The molecule has 1 aliphatic rings. The van der Waals surface area contributed by atoms with E-state index in [1.807, 2.05) is 36.1 Å². The molecule has 7 heteroatoms. The number of thiophene rings is 1. The van der Waals surface area contributed by atoms with Crippen LogP contribution < -0.4 is 15.4 Å². The molecule has 6 nitrogen and oxygen atoms in total. The molecule has 3 rings (SSSR count). The van der Waals surface area contributed by atoms with E-state index in [0.29, 0.717) is 32.1 Å². The summed E-state index contributed by atoms with van der Waals surface area (Å²) in [5.74, 6) is 1.75. The van der Waals surface area contributed by atoms with Crippen molar-refractivity contribution in [2.75, 3.05) is 32.8 Å². The summed E-state index contributed by atoms with van der Waals surface area (Å²) in [6.45, 7) is 8.05. The molecule has 1 aliphatic heterocycles. The van der Waals surface area contributed by atoms with E-state index in [9.17, 15) is 4.79 Å². The van der Waals surface area contributed by atoms with Gasteiger partial charge in [0.25, 0.3) is 0 Å². The Balaban J connectivity index is 1.39. The molecular formula is C22H30N4O2S. The molecule has 1 amide bonds. The molecule has 0 aliphatic carbocycles. The van der Waals surface area contributed by atoms with Crippen molar-refractivity contribution in [2.24, 2.45) is 4.99 Å². The highest BCUT2D eigenvalue weighted by molar-refractivity contribution is 7.10. The molecular weight excluding hydrogens is 384 g/mol. The highest BCUT2D eigenvalue weighted by Crippen LogP contribution is 2.24. The van der Waals surface area contributed by atoms with Crippen molar-refractivity contribution >= 4 is 23.2 Å². The van der Waals surface area contributed by atoms with Crippen molar-refractivity contribution in [3.05, 3.63) is 51.7 Å². The molecule has 0 saturated carbocycles. The molecule has 0 atom stereocenters. The van der Waals surface area contributed by atoms with E-state index < -0.39 is 0 Å². The van der Waals surface area contributed by atoms with Crippen molar-refractivity contribution in [3.8, 4) is 5.75 Å². The number of benzene rings is 1. The fourth-order valence-electron chi connectivity index (χ4n) is 3.20. The maximum absolute atomic E-state index is 12.5. The zero-order valence-electron chi connectivity index (χ0n) is 17.2. The minimum atomic E-state index is 0.171. The standard InChI is InChI=1S/C22H30N4O2S/c1-3-23-22(25-12-14-28-19-6-4-17(2)5-7-19)24-11-8-21(27)26-13-9-20-18(16-26)10-15-29-20/h4-7,10,15H,3,8-9,11-14,16H2,1-2H3,(H2,23,24,25). The Kier molecular flexibility index (Phi) is 7.93. The number of aryl methyl sites for hydroxylation is 1. The number of rotatable bonds is 8. The molecule has 2 N–H and O–H groups in total. The molecule has 0 saturated heterocycles. The topological polar surface area (TPSA) is 66.0 Å². The second-order valence-corrected chi connectivity index (χ2v) is 8.03. The number of carbonyl (C=O) groups excluding carboxylic acids is 1. The van der Waals surface area contributed by atoms with Gasteiger partial charge in [-0.25, -0.2) is 0 Å². The molecule has 0 bridgehead atoms. The molecule has 2 aromatic rings. The molecule has 0 unspecified atom stereocenters. The lowest BCUT2D eigenvalue weighted by Crippen LogP contribution is -2.40. The normalized spacial score (nSPS) is 13.7. The van der Waals surface area contributed by atoms with Crippen LogP contribution in [0.25, 0.3) is 0 Å². The van der Waals surface area contributed by atoms with Crippen LogP contribution in [0, 0.1) is 6.92 Å². The minimum absolute atomic E-state index is 0.171. The largest absolute Gasteiger partial charge is 0.492 e. The molecule has 0 spiro atoms. The Hall–Kier alpha value is -2.54. The quantitative estimate of drug-likeness (QED) is 0.396. The third kappa shape index (κ3) is 6.49. The average Bonchev–Trinajstić information content (AvgIpc) is 3.20. The molecule has 0 fully saturated rings. The second kappa shape index (κ2) is 10.9. The van der Waals surface area contributed by atoms with E-state index in [-0.39, 0.29) is 5.91 Å². The second-order valence-electron chi connectivity index (χ2n) is 7.03. The lowest BCUT2D eigenvalue weighted by atomic mass is 10.1. The number of ether oxygens (including phenoxy) is 1. The Bertz CT molecular complexity index is 816. The van der Waals surface area contributed by atoms with Gasteiger partial charge in [0.05, 0.1) is 13.1 Å². The Morgan fingerprint density at radius 1 is 1.24 bits per heavy atom. The summed E-state index contributed by atoms with van der Waals surface area (Å²) >= 11 is 1.79. The smallest absolute Gasteiger partial charge is 0.224 e. The number of guanidine groups is 1. The van der Waals surface area contributed by atoms with Crippen molar-refractivity contribution in [2.45, 2.75) is 33.2 Å². The van der Waals surface area contributed by atoms with Crippen molar-refractivity contribution < 1.29 is 9.53 Å². The summed E-state index contributed by atoms with van der Waals surface area (Å²) < 4.78 is 5.73. The van der Waals surface area contributed by atoms with Gasteiger partial charge in [0.2, 0.25) is 5.91 Å². The summed E-state index contributed by atoms with van der Waals surface area (Å²) in [6, 6.07) is 10.1. The van der Waals surface area contributed by atoms with Crippen LogP contribution in [0.15, 0.2) is 40.7 Å². The van der Waals surface area contributed by atoms with E-state index in [0.717, 1.165) is 31.8 Å². The number of nitrogens with one attached hydrogen (secondary N) is 2. The van der Waals surface area contributed by atoms with Gasteiger partial charge in [-0.05, 0) is 49.4 Å². The van der Waals surface area contributed by atoms with Crippen LogP contribution in [-0.2, 0) is 17.8 Å². The van der Waals surface area contributed by atoms with Crippen LogP contribution in [0.3, 0.4) is 0 Å². The van der Waals surface area contributed by atoms with Gasteiger partial charge in [0.1, 0.15) is 12.4 Å². The summed E-state index contributed by atoms with van der Waals surface area (Å²) in [4.78, 5) is 20.4. The van der Waals surface area contributed by atoms with E-state index in [2.05, 4.69) is 34.0 Å². The van der Waals surface area contributed by atoms with Gasteiger partial charge in [0.15, 0.2) is 5.96 Å². The van der Waals surface area contributed by atoms with Crippen LogP contribution in [0.5, 0.6) is 5.75 Å². The number of aliphatic imine (C=N–C) groups is 1. The highest BCUT2D eigenvalue weighted by Gasteiger charge is 2.20. The lowest BCUT2D eigenvalue weighted by molar-refractivity contribution is -0.131. The Morgan fingerprint density at radius 2 is 2.07 bits per heavy atom. The maximum Gasteiger partial charge on any atom is 0.224 e. The third-order valence-corrected chi connectivity index (χ3v) is 5.81. The zero-order chi connectivity index (χ0) is 20.5. The molecule has 1 aromatic carbocycles. The fourth-order valence-corrected chi connectivity index (χ4v) is 4.09. The van der Waals surface area contributed by atoms with Crippen LogP contribution in [0.1, 0.15) is 29.3 Å². The van der Waals surface area contributed by atoms with Crippen LogP contribution in [-0.4, -0.2) is 49.6 Å². The van der Waals surface area contributed by atoms with Gasteiger partial charge < -0.3 is 20.3 Å². The number of amides is 1. The van der Waals surface area contributed by atoms with Gasteiger partial charge in [-0.15, -0.1) is 11.3 Å². The summed E-state index contributed by atoms with van der Waals surface area (Å²) in [6.07, 6.45) is 1.39. The first-order valence-electron chi connectivity index (χ1n) is 10.2. The zero-order valence-corrected chi connectivity index (χ0v) is 18.1. The third-order valence-electron chi connectivity index (χ3n) is 4.78. The first kappa shape index (κ1) is 21.2. The van der Waals surface area contributed by atoms with E-state index >= 15 is 0 Å². The predicted octanol–water partition coefficient (Wildman–Crippen LogP) is 2.97. The number of hydrogen-bond donors (Lipinski definition) is 2. The van der Waals surface area contributed by atoms with Crippen molar-refractivity contribution in [1.82, 2.24) is 15.5 Å². The van der Waals surface area contributed by atoms with Gasteiger partial charge in [-0.3, -0.25) is 9.79 Å². The summed E-state index contributed by atoms with van der Waals surface area (Å²) in [7, 11) is 0. The Labute approximate surface area is 177 Å². The average molecular weight is 415 g/mol. The molecule has 1 aromatic heterocycles. The molecule has 2 heterocycles. The SMILES string of the molecule is CCNC(=NCCC(=O)N1CCc2sccc2C1)NCCOc1ccc(C)cc1. The van der Waals surface area contributed by atoms with Gasteiger partial charge in [-0.1, -0.05) is 17.7 Å².